The standard InChI is InChI=1S/C22H31N4O9P.C18H17F5NO4P/c1-13(2)33-19(29)14(3)25-36(31,35-15-8-6-5-7-9-15)32-12-16-18(28)22(4,30)20(34-16)26-11-10-17(27)24-21(26)23;1-9(2)26-18(25)10(3)24-29(27-11-7-5-4-6-8-11)28-17-15(22)13(20)12(19)14(21)16(17)23/h5-11,13-14,16,18,20,28,30H,12H2,1-4H3,(H,25,31)(H2,23,24,27);4-10,24H,1-3H3/t14-,16+,18+,20+,22+,36+;10-,29-/m00/s1/i10D,12D2;. The van der Waals surface area contributed by atoms with E-state index < -0.39 is 135 Å². The summed E-state index contributed by atoms with van der Waals surface area (Å²) in [5, 5.41) is 34.6. The largest absolute Gasteiger partial charge is 0.462 e. The van der Waals surface area contributed by atoms with Crippen LogP contribution in [0.4, 0.5) is 22.0 Å². The van der Waals surface area contributed by atoms with Gasteiger partial charge in [0, 0.05) is 12.2 Å². The number of nitrogens with zero attached hydrogens (tertiary/aromatic N) is 1. The Kier molecular flexibility index (Phi) is 16.7. The Bertz CT molecular complexity index is 2540. The van der Waals surface area contributed by atoms with Crippen molar-refractivity contribution < 1.29 is 82.7 Å². The van der Waals surface area contributed by atoms with Crippen LogP contribution in [0.25, 0.3) is 0 Å². The second-order valence-electron chi connectivity index (χ2n) is 14.5. The number of esters is 2. The molecule has 1 aliphatic heterocycles. The van der Waals surface area contributed by atoms with E-state index in [2.05, 4.69) is 15.2 Å². The van der Waals surface area contributed by atoms with E-state index in [0.717, 1.165) is 17.7 Å². The van der Waals surface area contributed by atoms with E-state index in [4.69, 9.17) is 41.8 Å². The predicted octanol–water partition coefficient (Wildman–Crippen LogP) is 5.80. The van der Waals surface area contributed by atoms with Crippen LogP contribution in [0, 0.1) is 34.5 Å². The van der Waals surface area contributed by atoms with E-state index >= 15 is 0 Å². The van der Waals surface area contributed by atoms with Crippen molar-refractivity contribution in [1.82, 2.24) is 19.7 Å². The summed E-state index contributed by atoms with van der Waals surface area (Å²) in [5.74, 6) is -13.9. The average Bonchev–Trinajstić information content (AvgIpc) is 3.50. The molecule has 1 fully saturated rings. The molecule has 1 saturated heterocycles. The highest BCUT2D eigenvalue weighted by Crippen LogP contribution is 2.47. The maximum absolute atomic E-state index is 14.0. The molecule has 356 valence electrons. The third kappa shape index (κ3) is 14.1. The number of carbonyl (C=O) groups excluding carboxylic acids is 2. The zero-order valence-electron chi connectivity index (χ0n) is 38.5. The lowest BCUT2D eigenvalue weighted by Gasteiger charge is -2.28. The van der Waals surface area contributed by atoms with E-state index in [-0.39, 0.29) is 11.5 Å². The van der Waals surface area contributed by atoms with Gasteiger partial charge in [-0.15, -0.1) is 0 Å². The summed E-state index contributed by atoms with van der Waals surface area (Å²) in [6.45, 7) is 7.02. The second kappa shape index (κ2) is 22.8. The quantitative estimate of drug-likeness (QED) is 0.0227. The van der Waals surface area contributed by atoms with Crippen LogP contribution >= 0.6 is 16.3 Å². The first-order chi connectivity index (χ1) is 31.6. The molecule has 6 N–H and O–H groups in total. The fourth-order valence-electron chi connectivity index (χ4n) is 5.21. The number of aromatic amines is 1. The van der Waals surface area contributed by atoms with Crippen molar-refractivity contribution in [3.8, 4) is 17.2 Å². The van der Waals surface area contributed by atoms with E-state index in [1.807, 2.05) is 0 Å². The third-order valence-corrected chi connectivity index (χ3v) is 11.2. The first-order valence-electron chi connectivity index (χ1n) is 20.7. The van der Waals surface area contributed by atoms with Crippen LogP contribution in [0.1, 0.15) is 58.8 Å². The number of halogens is 5. The SMILES string of the molecule is CC(C)OC(=O)[C@H](C)N[P@@](Oc1ccccc1)Oc1c(F)c(F)c(F)c(F)c1F.[2H]c1cn([C@@H]2O[C@H](C([2H])([2H])O[P@](=O)(N[C@@H](C)C(=O)OC(C)C)Oc3ccccc3)[C@@H](O)[C@@]2(C)O)c(=N)[nH]c1=O. The number of aromatic nitrogens is 2. The molecule has 5 rings (SSSR count). The lowest BCUT2D eigenvalue weighted by Crippen LogP contribution is -2.47. The highest BCUT2D eigenvalue weighted by Gasteiger charge is 2.54. The van der Waals surface area contributed by atoms with E-state index in [0.29, 0.717) is 0 Å². The first kappa shape index (κ1) is 47.7. The number of benzene rings is 3. The molecule has 18 nitrogen and oxygen atoms in total. The summed E-state index contributed by atoms with van der Waals surface area (Å²) >= 11 is 0. The molecule has 1 aromatic heterocycles. The summed E-state index contributed by atoms with van der Waals surface area (Å²) in [4.78, 5) is 38.1. The smallest absolute Gasteiger partial charge is 0.459 e. The van der Waals surface area contributed by atoms with E-state index in [1.165, 1.54) is 38.1 Å². The Labute approximate surface area is 374 Å². The molecule has 0 spiro atoms. The number of rotatable bonds is 18. The molecular formula is C40H48F5N5O13P2. The zero-order valence-corrected chi connectivity index (χ0v) is 37.3. The zero-order chi connectivity index (χ0) is 51.1. The van der Waals surface area contributed by atoms with Crippen molar-refractivity contribution in [2.24, 2.45) is 0 Å². The van der Waals surface area contributed by atoms with Crippen molar-refractivity contribution in [3.63, 3.8) is 0 Å². The van der Waals surface area contributed by atoms with Crippen LogP contribution in [0.5, 0.6) is 17.2 Å². The summed E-state index contributed by atoms with van der Waals surface area (Å²) in [5.41, 5.74) is -3.77. The fourth-order valence-corrected chi connectivity index (χ4v) is 7.78. The van der Waals surface area contributed by atoms with Gasteiger partial charge in [-0.25, -0.2) is 22.8 Å². The molecule has 0 radical (unpaired) electrons. The van der Waals surface area contributed by atoms with E-state index in [9.17, 15) is 51.1 Å². The van der Waals surface area contributed by atoms with Gasteiger partial charge in [-0.1, -0.05) is 36.4 Å². The first-order valence-corrected chi connectivity index (χ1v) is 22.0. The van der Waals surface area contributed by atoms with E-state index in [1.54, 1.807) is 64.1 Å². The molecule has 25 heteroatoms. The Balaban J connectivity index is 0.000000310. The van der Waals surface area contributed by atoms with Gasteiger partial charge in [0.2, 0.25) is 40.5 Å². The molecule has 8 atom stereocenters. The van der Waals surface area contributed by atoms with Gasteiger partial charge in [0.15, 0.2) is 6.23 Å². The Hall–Kier alpha value is -5.25. The normalized spacial score (nSPS) is 21.4. The third-order valence-electron chi connectivity index (χ3n) is 8.33. The fraction of sp³-hybridized carbons (Fsp3) is 0.400. The second-order valence-corrected chi connectivity index (χ2v) is 17.3. The Morgan fingerprint density at radius 1 is 0.908 bits per heavy atom. The van der Waals surface area contributed by atoms with Gasteiger partial charge in [0.1, 0.15) is 41.4 Å². The van der Waals surface area contributed by atoms with Gasteiger partial charge in [0.05, 0.1) is 22.9 Å². The Morgan fingerprint density at radius 3 is 1.95 bits per heavy atom. The summed E-state index contributed by atoms with van der Waals surface area (Å²) in [6.07, 6.45) is -5.80. The maximum Gasteiger partial charge on any atom is 0.459 e. The van der Waals surface area contributed by atoms with Crippen LogP contribution < -0.4 is 34.9 Å². The van der Waals surface area contributed by atoms with Gasteiger partial charge in [-0.2, -0.15) is 13.9 Å². The lowest BCUT2D eigenvalue weighted by molar-refractivity contribution is -0.149. The lowest BCUT2D eigenvalue weighted by atomic mass is 9.96. The van der Waals surface area contributed by atoms with Crippen LogP contribution in [0.2, 0.25) is 0 Å². The molecule has 0 saturated carbocycles. The van der Waals surface area contributed by atoms with Gasteiger partial charge in [-0.05, 0) is 72.7 Å². The minimum absolute atomic E-state index is 0.00283. The molecule has 0 unspecified atom stereocenters. The number of hydrogen-bond donors (Lipinski definition) is 6. The molecule has 0 bridgehead atoms. The molecule has 0 amide bonds. The maximum atomic E-state index is 14.0. The molecule has 2 heterocycles. The van der Waals surface area contributed by atoms with Gasteiger partial charge >= 0.3 is 28.2 Å². The number of nitrogens with one attached hydrogen (secondary N) is 4. The van der Waals surface area contributed by atoms with Gasteiger partial charge in [-0.3, -0.25) is 33.9 Å². The number of H-pyrrole nitrogens is 1. The number of aliphatic hydroxyl groups excluding tert-OH is 1. The molecule has 0 aliphatic carbocycles. The summed E-state index contributed by atoms with van der Waals surface area (Å²) in [7, 11) is -7.34. The Morgan fingerprint density at radius 2 is 1.42 bits per heavy atom. The van der Waals surface area contributed by atoms with Crippen LogP contribution in [-0.2, 0) is 32.9 Å². The average molecular weight is 967 g/mol. The number of para-hydroxylation sites is 2. The number of aliphatic hydroxyl groups is 2. The number of ether oxygens (including phenoxy) is 3. The van der Waals surface area contributed by atoms with Gasteiger partial charge in [0.25, 0.3) is 5.56 Å². The highest BCUT2D eigenvalue weighted by atomic mass is 31.2. The molecule has 3 aromatic carbocycles. The molecule has 4 aromatic rings. The summed E-state index contributed by atoms with van der Waals surface area (Å²) < 4.78 is 144. The summed E-state index contributed by atoms with van der Waals surface area (Å²) in [6, 6.07) is 12.4. The van der Waals surface area contributed by atoms with Gasteiger partial charge < -0.3 is 38.0 Å². The van der Waals surface area contributed by atoms with Crippen molar-refractivity contribution in [1.29, 1.82) is 5.41 Å². The van der Waals surface area contributed by atoms with Crippen molar-refractivity contribution in [3.05, 3.63) is 118 Å². The highest BCUT2D eigenvalue weighted by molar-refractivity contribution is 7.52. The minimum Gasteiger partial charge on any atom is -0.462 e. The van der Waals surface area contributed by atoms with Crippen molar-refractivity contribution >= 4 is 28.2 Å². The minimum atomic E-state index is -4.77. The number of hydrogen-bond acceptors (Lipinski definition) is 15. The predicted molar refractivity (Wildman–Crippen MR) is 221 cm³/mol. The molecule has 1 aliphatic rings. The van der Waals surface area contributed by atoms with Crippen molar-refractivity contribution in [2.75, 3.05) is 6.56 Å². The number of carbonyl (C=O) groups is 2. The van der Waals surface area contributed by atoms with Crippen molar-refractivity contribution in [2.45, 2.75) is 96.8 Å². The molecule has 65 heavy (non-hydrogen) atoms. The van der Waals surface area contributed by atoms with Crippen LogP contribution in [0.15, 0.2) is 77.7 Å². The molecular weight excluding hydrogens is 915 g/mol. The monoisotopic (exact) mass is 966 g/mol. The van der Waals surface area contributed by atoms with Crippen LogP contribution in [-0.4, -0.2) is 80.4 Å². The van der Waals surface area contributed by atoms with Crippen LogP contribution in [0.3, 0.4) is 0 Å². The topological polar surface area (TPSA) is 242 Å².